The van der Waals surface area contributed by atoms with Crippen molar-refractivity contribution in [2.24, 2.45) is 0 Å². The highest BCUT2D eigenvalue weighted by Gasteiger charge is 2.25. The van der Waals surface area contributed by atoms with E-state index >= 15 is 0 Å². The summed E-state index contributed by atoms with van der Waals surface area (Å²) in [6, 6.07) is 15.1. The van der Waals surface area contributed by atoms with Crippen LogP contribution in [0.5, 0.6) is 5.75 Å². The monoisotopic (exact) mass is 350 g/mol. The van der Waals surface area contributed by atoms with E-state index in [9.17, 15) is 9.59 Å². The number of hydrogen-bond donors (Lipinski definition) is 0. The average molecular weight is 350 g/mol. The summed E-state index contributed by atoms with van der Waals surface area (Å²) in [6.45, 7) is 2.22. The molecule has 134 valence electrons. The maximum absolute atomic E-state index is 12.6. The van der Waals surface area contributed by atoms with Crippen molar-refractivity contribution < 1.29 is 14.3 Å². The van der Waals surface area contributed by atoms with Gasteiger partial charge in [0.1, 0.15) is 5.75 Å². The molecule has 26 heavy (non-hydrogen) atoms. The van der Waals surface area contributed by atoms with E-state index in [1.807, 2.05) is 53.4 Å². The number of amides is 2. The highest BCUT2D eigenvalue weighted by atomic mass is 16.5. The second-order valence-electron chi connectivity index (χ2n) is 6.79. The summed E-state index contributed by atoms with van der Waals surface area (Å²) in [5, 5.41) is 0. The van der Waals surface area contributed by atoms with Crippen molar-refractivity contribution in [3.63, 3.8) is 0 Å². The van der Waals surface area contributed by atoms with Crippen LogP contribution in [0, 0.1) is 0 Å². The third kappa shape index (κ3) is 3.29. The number of piperidine rings is 1. The van der Waals surface area contributed by atoms with E-state index in [1.54, 1.807) is 4.90 Å². The van der Waals surface area contributed by atoms with Gasteiger partial charge in [-0.25, -0.2) is 0 Å². The lowest BCUT2D eigenvalue weighted by Crippen LogP contribution is -2.38. The predicted molar refractivity (Wildman–Crippen MR) is 99.3 cm³/mol. The molecule has 2 heterocycles. The largest absolute Gasteiger partial charge is 0.482 e. The Labute approximate surface area is 153 Å². The molecule has 2 aliphatic heterocycles. The van der Waals surface area contributed by atoms with Crippen LogP contribution in [-0.4, -0.2) is 36.4 Å². The molecule has 0 spiro atoms. The van der Waals surface area contributed by atoms with Crippen molar-refractivity contribution >= 4 is 17.5 Å². The first-order valence-electron chi connectivity index (χ1n) is 9.13. The Morgan fingerprint density at radius 2 is 1.69 bits per heavy atom. The van der Waals surface area contributed by atoms with Crippen LogP contribution in [0.4, 0.5) is 5.69 Å². The van der Waals surface area contributed by atoms with E-state index in [-0.39, 0.29) is 18.4 Å². The van der Waals surface area contributed by atoms with Crippen LogP contribution in [0.2, 0.25) is 0 Å². The number of likely N-dealkylation sites (tertiary alicyclic amines) is 1. The molecule has 0 aromatic heterocycles. The van der Waals surface area contributed by atoms with Crippen LogP contribution in [0.15, 0.2) is 48.5 Å². The summed E-state index contributed by atoms with van der Waals surface area (Å²) in [4.78, 5) is 28.5. The smallest absolute Gasteiger partial charge is 0.265 e. The number of anilines is 1. The first kappa shape index (κ1) is 16.6. The summed E-state index contributed by atoms with van der Waals surface area (Å²) in [5.74, 6) is 0.769. The fraction of sp³-hybridized carbons (Fsp3) is 0.333. The van der Waals surface area contributed by atoms with Gasteiger partial charge < -0.3 is 14.5 Å². The zero-order chi connectivity index (χ0) is 17.9. The molecule has 0 saturated carbocycles. The van der Waals surface area contributed by atoms with Crippen LogP contribution < -0.4 is 9.64 Å². The van der Waals surface area contributed by atoms with Crippen LogP contribution in [-0.2, 0) is 11.3 Å². The molecule has 2 aromatic rings. The summed E-state index contributed by atoms with van der Waals surface area (Å²) in [5.41, 5.74) is 2.49. The molecular weight excluding hydrogens is 328 g/mol. The van der Waals surface area contributed by atoms with Gasteiger partial charge in [0.15, 0.2) is 6.61 Å². The topological polar surface area (TPSA) is 49.9 Å². The number of carbonyl (C=O) groups is 2. The first-order chi connectivity index (χ1) is 12.7. The Morgan fingerprint density at radius 1 is 0.962 bits per heavy atom. The van der Waals surface area contributed by atoms with Crippen molar-refractivity contribution in [2.45, 2.75) is 25.8 Å². The molecule has 2 aliphatic rings. The normalized spacial score (nSPS) is 16.8. The SMILES string of the molecule is O=C(c1ccc(CN2C(=O)COc3ccccc32)cc1)N1CCCCC1. The lowest BCUT2D eigenvalue weighted by Gasteiger charge is -2.29. The zero-order valence-electron chi connectivity index (χ0n) is 14.7. The predicted octanol–water partition coefficient (Wildman–Crippen LogP) is 3.24. The first-order valence-corrected chi connectivity index (χ1v) is 9.13. The highest BCUT2D eigenvalue weighted by Crippen LogP contribution is 2.32. The molecule has 0 atom stereocenters. The van der Waals surface area contributed by atoms with Crippen molar-refractivity contribution in [3.8, 4) is 5.75 Å². The molecule has 1 saturated heterocycles. The third-order valence-corrected chi connectivity index (χ3v) is 4.99. The number of nitrogens with zero attached hydrogens (tertiary/aromatic N) is 2. The molecular formula is C21H22N2O3. The highest BCUT2D eigenvalue weighted by molar-refractivity contribution is 5.98. The minimum atomic E-state index is -0.0582. The Hall–Kier alpha value is -2.82. The molecule has 1 fully saturated rings. The number of ether oxygens (including phenoxy) is 1. The van der Waals surface area contributed by atoms with E-state index in [0.717, 1.165) is 42.9 Å². The fourth-order valence-corrected chi connectivity index (χ4v) is 3.54. The van der Waals surface area contributed by atoms with Crippen LogP contribution in [0.25, 0.3) is 0 Å². The molecule has 2 aromatic carbocycles. The lowest BCUT2D eigenvalue weighted by molar-refractivity contribution is -0.121. The van der Waals surface area contributed by atoms with Gasteiger partial charge in [0, 0.05) is 18.7 Å². The minimum Gasteiger partial charge on any atom is -0.482 e. The van der Waals surface area contributed by atoms with Gasteiger partial charge in [0.25, 0.3) is 11.8 Å². The Bertz CT molecular complexity index is 810. The fourth-order valence-electron chi connectivity index (χ4n) is 3.54. The van der Waals surface area contributed by atoms with Crippen molar-refractivity contribution in [1.82, 2.24) is 4.90 Å². The van der Waals surface area contributed by atoms with E-state index in [1.165, 1.54) is 6.42 Å². The van der Waals surface area contributed by atoms with Crippen LogP contribution in [0.1, 0.15) is 35.2 Å². The van der Waals surface area contributed by atoms with E-state index in [0.29, 0.717) is 12.1 Å². The van der Waals surface area contributed by atoms with Crippen molar-refractivity contribution in [1.29, 1.82) is 0 Å². The van der Waals surface area contributed by atoms with Gasteiger partial charge in [-0.05, 0) is 49.1 Å². The molecule has 0 aliphatic carbocycles. The molecule has 4 rings (SSSR count). The number of carbonyl (C=O) groups excluding carboxylic acids is 2. The quantitative estimate of drug-likeness (QED) is 0.854. The number of benzene rings is 2. The molecule has 5 nitrogen and oxygen atoms in total. The van der Waals surface area contributed by atoms with Gasteiger partial charge in [0.2, 0.25) is 0 Å². The molecule has 0 N–H and O–H groups in total. The van der Waals surface area contributed by atoms with Crippen molar-refractivity contribution in [3.05, 3.63) is 59.7 Å². The summed E-state index contributed by atoms with van der Waals surface area (Å²) in [6.07, 6.45) is 3.38. The van der Waals surface area contributed by atoms with Gasteiger partial charge in [-0.15, -0.1) is 0 Å². The molecule has 0 radical (unpaired) electrons. The van der Waals surface area contributed by atoms with Crippen molar-refractivity contribution in [2.75, 3.05) is 24.6 Å². The van der Waals surface area contributed by atoms with Gasteiger partial charge in [0.05, 0.1) is 12.2 Å². The number of rotatable bonds is 3. The van der Waals surface area contributed by atoms with Gasteiger partial charge in [-0.3, -0.25) is 9.59 Å². The molecule has 0 unspecified atom stereocenters. The van der Waals surface area contributed by atoms with Crippen LogP contribution in [0.3, 0.4) is 0 Å². The minimum absolute atomic E-state index is 0.0581. The maximum atomic E-state index is 12.6. The maximum Gasteiger partial charge on any atom is 0.265 e. The summed E-state index contributed by atoms with van der Waals surface area (Å²) in [7, 11) is 0. The summed E-state index contributed by atoms with van der Waals surface area (Å²) < 4.78 is 5.48. The number of hydrogen-bond acceptors (Lipinski definition) is 3. The molecule has 0 bridgehead atoms. The van der Waals surface area contributed by atoms with Gasteiger partial charge in [-0.2, -0.15) is 0 Å². The van der Waals surface area contributed by atoms with Gasteiger partial charge in [-0.1, -0.05) is 24.3 Å². The Morgan fingerprint density at radius 3 is 2.46 bits per heavy atom. The number of fused-ring (bicyclic) bond motifs is 1. The molecule has 5 heteroatoms. The second-order valence-corrected chi connectivity index (χ2v) is 6.79. The molecule has 2 amide bonds. The van der Waals surface area contributed by atoms with E-state index in [2.05, 4.69) is 0 Å². The lowest BCUT2D eigenvalue weighted by atomic mass is 10.1. The Balaban J connectivity index is 1.49. The van der Waals surface area contributed by atoms with Gasteiger partial charge >= 0.3 is 0 Å². The zero-order valence-corrected chi connectivity index (χ0v) is 14.7. The van der Waals surface area contributed by atoms with Crippen LogP contribution >= 0.6 is 0 Å². The standard InChI is InChI=1S/C21H22N2O3/c24-20-15-26-19-7-3-2-6-18(19)23(20)14-16-8-10-17(11-9-16)21(25)22-12-4-1-5-13-22/h2-3,6-11H,1,4-5,12-15H2. The summed E-state index contributed by atoms with van der Waals surface area (Å²) >= 11 is 0. The van der Waals surface area contributed by atoms with E-state index < -0.39 is 0 Å². The third-order valence-electron chi connectivity index (χ3n) is 4.99. The number of para-hydroxylation sites is 2. The Kier molecular flexibility index (Phi) is 4.61. The average Bonchev–Trinajstić information content (AvgIpc) is 2.71. The van der Waals surface area contributed by atoms with E-state index in [4.69, 9.17) is 4.74 Å². The second kappa shape index (κ2) is 7.20.